The van der Waals surface area contributed by atoms with Crippen LogP contribution in [-0.4, -0.2) is 19.7 Å². The third kappa shape index (κ3) is 2.32. The Kier molecular flexibility index (Phi) is 3.07. The van der Waals surface area contributed by atoms with Crippen LogP contribution in [0.3, 0.4) is 0 Å². The zero-order valence-corrected chi connectivity index (χ0v) is 9.01. The van der Waals surface area contributed by atoms with Crippen LogP contribution in [0.5, 0.6) is 0 Å². The smallest absolute Gasteiger partial charge is 0.288 e. The Balaban J connectivity index is 2.53. The van der Waals surface area contributed by atoms with Crippen molar-refractivity contribution in [3.8, 4) is 5.69 Å². The largest absolute Gasteiger partial charge is 0.348 e. The van der Waals surface area contributed by atoms with Crippen LogP contribution in [0.15, 0.2) is 23.0 Å². The van der Waals surface area contributed by atoms with Crippen LogP contribution in [0.25, 0.3) is 5.69 Å². The Labute approximate surface area is 102 Å². The number of non-ortho nitro benzene ring substituents is 1. The Hall–Kier alpha value is -2.65. The van der Waals surface area contributed by atoms with Crippen LogP contribution >= 0.6 is 0 Å². The lowest BCUT2D eigenvalue weighted by molar-refractivity contribution is -0.385. The highest BCUT2D eigenvalue weighted by Gasteiger charge is 2.18. The molecule has 0 saturated carbocycles. The summed E-state index contributed by atoms with van der Waals surface area (Å²) in [6, 6.07) is 2.41. The van der Waals surface area contributed by atoms with Gasteiger partial charge in [0.15, 0.2) is 11.6 Å². The molecule has 0 unspecified atom stereocenters. The molecule has 0 aliphatic carbocycles. The van der Waals surface area contributed by atoms with Crippen molar-refractivity contribution in [1.82, 2.24) is 14.8 Å². The number of halogens is 3. The van der Waals surface area contributed by atoms with E-state index in [2.05, 4.69) is 5.10 Å². The molecular weight excluding hydrogens is 269 g/mol. The first kappa shape index (κ1) is 12.8. The van der Waals surface area contributed by atoms with E-state index in [1.54, 1.807) is 4.98 Å². The van der Waals surface area contributed by atoms with Gasteiger partial charge in [-0.15, -0.1) is 5.10 Å². The fourth-order valence-corrected chi connectivity index (χ4v) is 1.38. The molecule has 1 heterocycles. The maximum atomic E-state index is 13.6. The molecule has 1 aromatic heterocycles. The van der Waals surface area contributed by atoms with Gasteiger partial charge in [-0.25, -0.2) is 18.0 Å². The molecule has 0 spiro atoms. The molecular formula is C9H5F3N4O3. The SMILES string of the molecule is O=c1[nH]c(C(F)F)nn1-c1ccc([N+](=O)[O-])cc1F. The molecule has 0 radical (unpaired) electrons. The molecule has 0 bridgehead atoms. The predicted octanol–water partition coefficient (Wildman–Crippen LogP) is 1.55. The molecule has 1 N–H and O–H groups in total. The highest BCUT2D eigenvalue weighted by Crippen LogP contribution is 2.19. The van der Waals surface area contributed by atoms with Crippen LogP contribution < -0.4 is 5.69 Å². The summed E-state index contributed by atoms with van der Waals surface area (Å²) in [5.74, 6) is -2.04. The van der Waals surface area contributed by atoms with Gasteiger partial charge in [-0.3, -0.25) is 15.1 Å². The Morgan fingerprint density at radius 3 is 2.58 bits per heavy atom. The summed E-state index contributed by atoms with van der Waals surface area (Å²) in [6.07, 6.45) is -3.02. The van der Waals surface area contributed by atoms with Crippen LogP contribution in [-0.2, 0) is 0 Å². The normalized spacial score (nSPS) is 10.9. The van der Waals surface area contributed by atoms with Crippen LogP contribution in [0.1, 0.15) is 12.2 Å². The second-order valence-electron chi connectivity index (χ2n) is 3.42. The lowest BCUT2D eigenvalue weighted by Crippen LogP contribution is -2.17. The van der Waals surface area contributed by atoms with Gasteiger partial charge in [0.05, 0.1) is 11.0 Å². The molecule has 1 aromatic carbocycles. The number of nitro benzene ring substituents is 1. The molecule has 0 atom stereocenters. The van der Waals surface area contributed by atoms with Crippen molar-refractivity contribution in [2.75, 3.05) is 0 Å². The predicted molar refractivity (Wildman–Crippen MR) is 55.8 cm³/mol. The second kappa shape index (κ2) is 4.55. The van der Waals surface area contributed by atoms with Gasteiger partial charge >= 0.3 is 5.69 Å². The zero-order chi connectivity index (χ0) is 14.2. The monoisotopic (exact) mass is 274 g/mol. The van der Waals surface area contributed by atoms with Gasteiger partial charge in [0.25, 0.3) is 12.1 Å². The highest BCUT2D eigenvalue weighted by molar-refractivity contribution is 5.41. The van der Waals surface area contributed by atoms with Gasteiger partial charge in [-0.1, -0.05) is 0 Å². The minimum absolute atomic E-state index is 0.376. The van der Waals surface area contributed by atoms with Crippen molar-refractivity contribution >= 4 is 5.69 Å². The lowest BCUT2D eigenvalue weighted by atomic mass is 10.3. The third-order valence-corrected chi connectivity index (χ3v) is 2.21. The fourth-order valence-electron chi connectivity index (χ4n) is 1.38. The first-order valence-corrected chi connectivity index (χ1v) is 4.82. The van der Waals surface area contributed by atoms with Gasteiger partial charge in [-0.2, -0.15) is 4.68 Å². The van der Waals surface area contributed by atoms with Crippen molar-refractivity contribution in [3.63, 3.8) is 0 Å². The molecule has 0 aliphatic rings. The molecule has 2 aromatic rings. The Bertz CT molecular complexity index is 694. The molecule has 2 rings (SSSR count). The van der Waals surface area contributed by atoms with E-state index in [4.69, 9.17) is 0 Å². The van der Waals surface area contributed by atoms with Gasteiger partial charge in [-0.05, 0) is 6.07 Å². The average molecular weight is 274 g/mol. The van der Waals surface area contributed by atoms with Gasteiger partial charge in [0, 0.05) is 6.07 Å². The molecule has 19 heavy (non-hydrogen) atoms. The van der Waals surface area contributed by atoms with E-state index >= 15 is 0 Å². The Morgan fingerprint density at radius 2 is 2.11 bits per heavy atom. The minimum Gasteiger partial charge on any atom is -0.288 e. The maximum Gasteiger partial charge on any atom is 0.348 e. The maximum absolute atomic E-state index is 13.6. The summed E-state index contributed by atoms with van der Waals surface area (Å²) >= 11 is 0. The van der Waals surface area contributed by atoms with E-state index in [9.17, 15) is 28.1 Å². The number of nitro groups is 1. The van der Waals surface area contributed by atoms with Gasteiger partial charge in [0.1, 0.15) is 5.69 Å². The number of rotatable bonds is 3. The van der Waals surface area contributed by atoms with Crippen molar-refractivity contribution in [2.45, 2.75) is 6.43 Å². The molecule has 0 saturated heterocycles. The van der Waals surface area contributed by atoms with Crippen LogP contribution in [0.2, 0.25) is 0 Å². The molecule has 7 nitrogen and oxygen atoms in total. The molecule has 0 fully saturated rings. The quantitative estimate of drug-likeness (QED) is 0.678. The van der Waals surface area contributed by atoms with E-state index in [-0.39, 0.29) is 0 Å². The standard InChI is InChI=1S/C9H5F3N4O3/c10-5-3-4(16(18)19)1-2-6(5)15-9(17)13-8(14-15)7(11)12/h1-3,7H,(H,13,14,17). The topological polar surface area (TPSA) is 93.8 Å². The molecule has 0 amide bonds. The number of nitrogens with one attached hydrogen (secondary N) is 1. The Morgan fingerprint density at radius 1 is 1.42 bits per heavy atom. The van der Waals surface area contributed by atoms with Crippen LogP contribution in [0, 0.1) is 15.9 Å². The van der Waals surface area contributed by atoms with Crippen molar-refractivity contribution in [2.24, 2.45) is 0 Å². The molecule has 10 heteroatoms. The average Bonchev–Trinajstić information content (AvgIpc) is 2.71. The van der Waals surface area contributed by atoms with E-state index in [1.165, 1.54) is 0 Å². The zero-order valence-electron chi connectivity index (χ0n) is 9.01. The fraction of sp³-hybridized carbons (Fsp3) is 0.111. The first-order chi connectivity index (χ1) is 8.90. The number of nitrogens with zero attached hydrogens (tertiary/aromatic N) is 3. The van der Waals surface area contributed by atoms with E-state index in [1.807, 2.05) is 0 Å². The molecule has 100 valence electrons. The van der Waals surface area contributed by atoms with Crippen molar-refractivity contribution in [1.29, 1.82) is 0 Å². The van der Waals surface area contributed by atoms with Crippen molar-refractivity contribution in [3.05, 3.63) is 50.4 Å². The highest BCUT2D eigenvalue weighted by atomic mass is 19.3. The number of benzene rings is 1. The van der Waals surface area contributed by atoms with Gasteiger partial charge < -0.3 is 0 Å². The summed E-state index contributed by atoms with van der Waals surface area (Å²) < 4.78 is 38.6. The number of hydrogen-bond donors (Lipinski definition) is 1. The molecule has 0 aliphatic heterocycles. The number of hydrogen-bond acceptors (Lipinski definition) is 4. The summed E-state index contributed by atoms with van der Waals surface area (Å²) in [7, 11) is 0. The number of alkyl halides is 2. The van der Waals surface area contributed by atoms with E-state index in [0.29, 0.717) is 10.7 Å². The summed E-state index contributed by atoms with van der Waals surface area (Å²) in [5.41, 5.74) is -2.05. The summed E-state index contributed by atoms with van der Waals surface area (Å²) in [5, 5.41) is 13.6. The summed E-state index contributed by atoms with van der Waals surface area (Å²) in [6.45, 7) is 0. The van der Waals surface area contributed by atoms with Crippen molar-refractivity contribution < 1.29 is 18.1 Å². The van der Waals surface area contributed by atoms with E-state index in [0.717, 1.165) is 12.1 Å². The number of aromatic amines is 1. The van der Waals surface area contributed by atoms with Crippen LogP contribution in [0.4, 0.5) is 18.9 Å². The second-order valence-corrected chi connectivity index (χ2v) is 3.42. The number of aromatic nitrogens is 3. The lowest BCUT2D eigenvalue weighted by Gasteiger charge is -2.00. The minimum atomic E-state index is -3.02. The van der Waals surface area contributed by atoms with E-state index < -0.39 is 40.1 Å². The summed E-state index contributed by atoms with van der Waals surface area (Å²) in [4.78, 5) is 22.7. The number of H-pyrrole nitrogens is 1. The van der Waals surface area contributed by atoms with Gasteiger partial charge in [0.2, 0.25) is 0 Å². The third-order valence-electron chi connectivity index (χ3n) is 2.21. The first-order valence-electron chi connectivity index (χ1n) is 4.82.